The fraction of sp³-hybridized carbons (Fsp3) is 0.909. The molecule has 3 rings (SSSR count). The summed E-state index contributed by atoms with van der Waals surface area (Å²) in [5, 5.41) is 0. The number of likely N-dealkylation sites (N-methyl/N-ethyl adjacent to an activating group) is 1. The van der Waals surface area contributed by atoms with E-state index in [0.29, 0.717) is 6.04 Å². The minimum atomic E-state index is 0.638. The Balaban J connectivity index is 2.02. The predicted molar refractivity (Wildman–Crippen MR) is 62.7 cm³/mol. The van der Waals surface area contributed by atoms with E-state index in [4.69, 9.17) is 5.73 Å². The Morgan fingerprint density at radius 2 is 1.73 bits per heavy atom. The third kappa shape index (κ3) is 1.88. The lowest BCUT2D eigenvalue weighted by molar-refractivity contribution is -1.08. The lowest BCUT2D eigenvalue weighted by Crippen LogP contribution is -2.76. The quantitative estimate of drug-likeness (QED) is 0.388. The van der Waals surface area contributed by atoms with Gasteiger partial charge in [-0.15, -0.1) is 0 Å². The average Bonchev–Trinajstić information content (AvgIpc) is 2.27. The molecule has 86 valence electrons. The Morgan fingerprint density at radius 1 is 1.20 bits per heavy atom. The van der Waals surface area contributed by atoms with Gasteiger partial charge < -0.3 is 14.7 Å². The lowest BCUT2D eigenvalue weighted by atomic mass is 10.0. The van der Waals surface area contributed by atoms with Gasteiger partial charge in [-0.3, -0.25) is 4.99 Å². The van der Waals surface area contributed by atoms with Crippen molar-refractivity contribution >= 4 is 6.34 Å². The van der Waals surface area contributed by atoms with E-state index < -0.39 is 0 Å². The van der Waals surface area contributed by atoms with Crippen molar-refractivity contribution in [3.8, 4) is 0 Å². The molecule has 2 N–H and O–H groups in total. The highest BCUT2D eigenvalue weighted by Gasteiger charge is 2.49. The molecule has 15 heavy (non-hydrogen) atoms. The maximum Gasteiger partial charge on any atom is 0.129 e. The third-order valence-electron chi connectivity index (χ3n) is 4.67. The van der Waals surface area contributed by atoms with Crippen LogP contribution in [0.1, 0.15) is 6.92 Å². The van der Waals surface area contributed by atoms with Crippen LogP contribution >= 0.6 is 0 Å². The SMILES string of the molecule is CC(CN=CN)[N+]12CC[N+](C)(CC1)CC2. The molecule has 3 saturated heterocycles. The molecule has 0 aromatic heterocycles. The number of rotatable bonds is 3. The number of piperazine rings is 3. The first-order valence-electron chi connectivity index (χ1n) is 6.00. The van der Waals surface area contributed by atoms with Gasteiger partial charge in [0.2, 0.25) is 0 Å². The topological polar surface area (TPSA) is 38.4 Å². The van der Waals surface area contributed by atoms with E-state index in [2.05, 4.69) is 19.0 Å². The van der Waals surface area contributed by atoms with Crippen molar-refractivity contribution in [2.24, 2.45) is 10.7 Å². The largest absolute Gasteiger partial charge is 0.390 e. The molecule has 0 spiro atoms. The highest BCUT2D eigenvalue weighted by Crippen LogP contribution is 2.27. The van der Waals surface area contributed by atoms with Crippen molar-refractivity contribution < 1.29 is 8.97 Å². The van der Waals surface area contributed by atoms with Crippen molar-refractivity contribution in [2.75, 3.05) is 52.9 Å². The first-order chi connectivity index (χ1) is 7.10. The fourth-order valence-electron chi connectivity index (χ4n) is 3.04. The molecule has 3 heterocycles. The summed E-state index contributed by atoms with van der Waals surface area (Å²) in [6, 6.07) is 0.638. The van der Waals surface area contributed by atoms with Gasteiger partial charge in [0.15, 0.2) is 0 Å². The van der Waals surface area contributed by atoms with Crippen molar-refractivity contribution in [1.82, 2.24) is 0 Å². The zero-order chi connectivity index (χ0) is 10.9. The van der Waals surface area contributed by atoms with E-state index in [-0.39, 0.29) is 0 Å². The monoisotopic (exact) mass is 212 g/mol. The average molecular weight is 212 g/mol. The summed E-state index contributed by atoms with van der Waals surface area (Å²) in [5.41, 5.74) is 5.32. The standard InChI is InChI=1S/C11H24N4/c1-11(9-13-10-12)15-6-3-14(2,4-7-15)5-8-15/h10-11H,3-9H2,1-2H3,(H2,12,13)/q+2. The predicted octanol–water partition coefficient (Wildman–Crippen LogP) is -0.347. The van der Waals surface area contributed by atoms with Crippen LogP contribution in [0.4, 0.5) is 0 Å². The number of fused-ring (bicyclic) bond motifs is 3. The van der Waals surface area contributed by atoms with E-state index in [0.717, 1.165) is 6.54 Å². The molecule has 4 heteroatoms. The summed E-state index contributed by atoms with van der Waals surface area (Å²) in [7, 11) is 2.40. The molecule has 1 unspecified atom stereocenters. The van der Waals surface area contributed by atoms with Gasteiger partial charge in [0.25, 0.3) is 0 Å². The summed E-state index contributed by atoms with van der Waals surface area (Å²) in [6.45, 7) is 11.2. The van der Waals surface area contributed by atoms with E-state index in [9.17, 15) is 0 Å². The maximum atomic E-state index is 5.32. The van der Waals surface area contributed by atoms with Gasteiger partial charge in [-0.2, -0.15) is 0 Å². The number of aliphatic imine (C=N–C) groups is 1. The maximum absolute atomic E-state index is 5.32. The van der Waals surface area contributed by atoms with Gasteiger partial charge in [-0.1, -0.05) is 0 Å². The Hall–Kier alpha value is -0.610. The van der Waals surface area contributed by atoms with Gasteiger partial charge in [0, 0.05) is 0 Å². The normalized spacial score (nSPS) is 42.3. The van der Waals surface area contributed by atoms with Crippen LogP contribution in [0.3, 0.4) is 0 Å². The molecular formula is C11H24N4+2. The lowest BCUT2D eigenvalue weighted by Gasteiger charge is -2.56. The van der Waals surface area contributed by atoms with E-state index in [1.54, 1.807) is 0 Å². The summed E-state index contributed by atoms with van der Waals surface area (Å²) < 4.78 is 2.58. The highest BCUT2D eigenvalue weighted by molar-refractivity contribution is 5.51. The van der Waals surface area contributed by atoms with Crippen LogP contribution in [0.15, 0.2) is 4.99 Å². The molecular weight excluding hydrogens is 188 g/mol. The Kier molecular flexibility index (Phi) is 2.73. The van der Waals surface area contributed by atoms with Gasteiger partial charge in [-0.05, 0) is 6.92 Å². The van der Waals surface area contributed by atoms with E-state index >= 15 is 0 Å². The van der Waals surface area contributed by atoms with Gasteiger partial charge in [0.1, 0.15) is 45.3 Å². The Bertz CT molecular complexity index is 237. The molecule has 3 fully saturated rings. The van der Waals surface area contributed by atoms with Crippen LogP contribution in [0.5, 0.6) is 0 Å². The highest BCUT2D eigenvalue weighted by atomic mass is 15.5. The molecule has 0 amide bonds. The summed E-state index contributed by atoms with van der Waals surface area (Å²) in [6.07, 6.45) is 1.45. The van der Waals surface area contributed by atoms with Gasteiger partial charge in [-0.25, -0.2) is 0 Å². The molecule has 0 aromatic rings. The molecule has 2 bridgehead atoms. The summed E-state index contributed by atoms with van der Waals surface area (Å²) in [4.78, 5) is 4.21. The second-order valence-electron chi connectivity index (χ2n) is 5.54. The molecule has 0 saturated carbocycles. The van der Waals surface area contributed by atoms with Crippen LogP contribution in [0, 0.1) is 0 Å². The number of hydrogen-bond acceptors (Lipinski definition) is 1. The first-order valence-corrected chi connectivity index (χ1v) is 6.00. The van der Waals surface area contributed by atoms with E-state index in [1.807, 2.05) is 0 Å². The molecule has 0 radical (unpaired) electrons. The molecule has 0 aromatic carbocycles. The van der Waals surface area contributed by atoms with Crippen LogP contribution in [0.2, 0.25) is 0 Å². The van der Waals surface area contributed by atoms with Gasteiger partial charge in [0.05, 0.1) is 19.9 Å². The van der Waals surface area contributed by atoms with E-state index in [1.165, 1.54) is 54.6 Å². The molecule has 3 aliphatic rings. The number of nitrogens with two attached hydrogens (primary N) is 1. The number of hydrogen-bond donors (Lipinski definition) is 1. The second-order valence-corrected chi connectivity index (χ2v) is 5.54. The minimum absolute atomic E-state index is 0.638. The first kappa shape index (κ1) is 10.9. The molecule has 0 aliphatic carbocycles. The second kappa shape index (κ2) is 3.76. The fourth-order valence-corrected chi connectivity index (χ4v) is 3.04. The zero-order valence-electron chi connectivity index (χ0n) is 10.0. The Labute approximate surface area is 92.6 Å². The number of quaternary nitrogens is 2. The Morgan fingerprint density at radius 3 is 2.20 bits per heavy atom. The van der Waals surface area contributed by atoms with Crippen LogP contribution in [-0.2, 0) is 0 Å². The summed E-state index contributed by atoms with van der Waals surface area (Å²) >= 11 is 0. The molecule has 3 aliphatic heterocycles. The smallest absolute Gasteiger partial charge is 0.129 e. The summed E-state index contributed by atoms with van der Waals surface area (Å²) in [5.74, 6) is 0. The third-order valence-corrected chi connectivity index (χ3v) is 4.67. The number of nitrogens with zero attached hydrogens (tertiary/aromatic N) is 3. The molecule has 4 nitrogen and oxygen atoms in total. The minimum Gasteiger partial charge on any atom is -0.390 e. The van der Waals surface area contributed by atoms with Crippen LogP contribution in [0.25, 0.3) is 0 Å². The molecule has 1 atom stereocenters. The van der Waals surface area contributed by atoms with Crippen molar-refractivity contribution in [3.63, 3.8) is 0 Å². The van der Waals surface area contributed by atoms with Crippen LogP contribution in [-0.4, -0.2) is 74.2 Å². The van der Waals surface area contributed by atoms with Crippen molar-refractivity contribution in [1.29, 1.82) is 0 Å². The zero-order valence-corrected chi connectivity index (χ0v) is 10.0. The van der Waals surface area contributed by atoms with Gasteiger partial charge >= 0.3 is 0 Å². The van der Waals surface area contributed by atoms with Crippen molar-refractivity contribution in [2.45, 2.75) is 13.0 Å². The van der Waals surface area contributed by atoms with Crippen molar-refractivity contribution in [3.05, 3.63) is 0 Å². The van der Waals surface area contributed by atoms with Crippen LogP contribution < -0.4 is 5.73 Å².